The van der Waals surface area contributed by atoms with Gasteiger partial charge in [-0.25, -0.2) is 0 Å². The van der Waals surface area contributed by atoms with Crippen LogP contribution in [0.1, 0.15) is 12.0 Å². The zero-order valence-corrected chi connectivity index (χ0v) is 11.4. The first-order chi connectivity index (χ1) is 7.04. The van der Waals surface area contributed by atoms with Crippen molar-refractivity contribution in [3.8, 4) is 11.8 Å². The molecule has 0 saturated carbocycles. The van der Waals surface area contributed by atoms with Crippen molar-refractivity contribution in [2.75, 3.05) is 5.88 Å². The van der Waals surface area contributed by atoms with Crippen molar-refractivity contribution < 1.29 is 0 Å². The zero-order chi connectivity index (χ0) is 11.3. The molecule has 0 aliphatic carbocycles. The smallest absolute Gasteiger partial charge is 0.0776 e. The molecule has 80 valence electrons. The molecule has 0 spiro atoms. The standard InChI is InChI=1S/C13H17ClSi/c1-15(2,3)13-9-6-8-12(11-13)7-4-5-10-14/h6,8-9,11H,5,10H2,1-3H3. The second-order valence-electron chi connectivity index (χ2n) is 4.57. The summed E-state index contributed by atoms with van der Waals surface area (Å²) < 4.78 is 0. The largest absolute Gasteiger partial charge is 0.126 e. The minimum absolute atomic E-state index is 0.612. The summed E-state index contributed by atoms with van der Waals surface area (Å²) in [5.41, 5.74) is 1.11. The third-order valence-corrected chi connectivity index (χ3v) is 4.41. The van der Waals surface area contributed by atoms with Crippen LogP contribution in [-0.2, 0) is 0 Å². The summed E-state index contributed by atoms with van der Waals surface area (Å²) >= 11 is 5.58. The Kier molecular flexibility index (Phi) is 4.44. The minimum atomic E-state index is -1.21. The number of hydrogen-bond donors (Lipinski definition) is 0. The Labute approximate surface area is 98.7 Å². The topological polar surface area (TPSA) is 0 Å². The van der Waals surface area contributed by atoms with Crippen LogP contribution in [0.5, 0.6) is 0 Å². The fourth-order valence-electron chi connectivity index (χ4n) is 1.28. The van der Waals surface area contributed by atoms with E-state index in [0.717, 1.165) is 12.0 Å². The fraction of sp³-hybridized carbons (Fsp3) is 0.385. The highest BCUT2D eigenvalue weighted by Gasteiger charge is 2.15. The van der Waals surface area contributed by atoms with Crippen molar-refractivity contribution in [2.45, 2.75) is 26.1 Å². The predicted octanol–water partition coefficient (Wildman–Crippen LogP) is 3.21. The van der Waals surface area contributed by atoms with Crippen LogP contribution in [-0.4, -0.2) is 14.0 Å². The predicted molar refractivity (Wildman–Crippen MR) is 71.6 cm³/mol. The van der Waals surface area contributed by atoms with Crippen molar-refractivity contribution in [3.63, 3.8) is 0 Å². The third-order valence-electron chi connectivity index (χ3n) is 2.18. The van der Waals surface area contributed by atoms with Crippen LogP contribution in [0.4, 0.5) is 0 Å². The molecule has 0 bridgehead atoms. The lowest BCUT2D eigenvalue weighted by atomic mass is 10.2. The summed E-state index contributed by atoms with van der Waals surface area (Å²) in [7, 11) is -1.21. The van der Waals surface area contributed by atoms with Gasteiger partial charge in [0.2, 0.25) is 0 Å². The summed E-state index contributed by atoms with van der Waals surface area (Å²) in [6.45, 7) is 7.04. The van der Waals surface area contributed by atoms with E-state index in [1.807, 2.05) is 0 Å². The minimum Gasteiger partial charge on any atom is -0.126 e. The molecule has 0 unspecified atom stereocenters. The number of rotatable bonds is 2. The van der Waals surface area contributed by atoms with E-state index in [4.69, 9.17) is 11.6 Å². The lowest BCUT2D eigenvalue weighted by molar-refractivity contribution is 1.29. The Morgan fingerprint density at radius 1 is 1.27 bits per heavy atom. The van der Waals surface area contributed by atoms with Crippen LogP contribution < -0.4 is 5.19 Å². The highest BCUT2D eigenvalue weighted by molar-refractivity contribution is 6.88. The van der Waals surface area contributed by atoms with Gasteiger partial charge in [-0.2, -0.15) is 0 Å². The van der Waals surface area contributed by atoms with Crippen LogP contribution in [0.3, 0.4) is 0 Å². The van der Waals surface area contributed by atoms with Crippen molar-refractivity contribution in [3.05, 3.63) is 29.8 Å². The van der Waals surface area contributed by atoms with E-state index in [0.29, 0.717) is 5.88 Å². The van der Waals surface area contributed by atoms with Gasteiger partial charge < -0.3 is 0 Å². The second-order valence-corrected chi connectivity index (χ2v) is 10.0. The molecule has 1 aromatic carbocycles. The monoisotopic (exact) mass is 236 g/mol. The zero-order valence-electron chi connectivity index (χ0n) is 9.60. The van der Waals surface area contributed by atoms with Gasteiger partial charge in [0, 0.05) is 17.9 Å². The first-order valence-electron chi connectivity index (χ1n) is 5.19. The lowest BCUT2D eigenvalue weighted by Crippen LogP contribution is -2.37. The van der Waals surface area contributed by atoms with E-state index in [9.17, 15) is 0 Å². The molecule has 0 N–H and O–H groups in total. The van der Waals surface area contributed by atoms with Gasteiger partial charge in [0.1, 0.15) is 0 Å². The van der Waals surface area contributed by atoms with E-state index in [1.54, 1.807) is 0 Å². The van der Waals surface area contributed by atoms with E-state index in [2.05, 4.69) is 55.7 Å². The highest BCUT2D eigenvalue weighted by Crippen LogP contribution is 2.04. The molecule has 2 heteroatoms. The van der Waals surface area contributed by atoms with Gasteiger partial charge in [0.25, 0.3) is 0 Å². The van der Waals surface area contributed by atoms with Crippen LogP contribution in [0.15, 0.2) is 24.3 Å². The second kappa shape index (κ2) is 5.39. The Hall–Kier alpha value is -0.713. The number of alkyl halides is 1. The van der Waals surface area contributed by atoms with Gasteiger partial charge in [-0.1, -0.05) is 48.8 Å². The quantitative estimate of drug-likeness (QED) is 0.420. The Morgan fingerprint density at radius 2 is 2.00 bits per heavy atom. The van der Waals surface area contributed by atoms with E-state index in [-0.39, 0.29) is 0 Å². The van der Waals surface area contributed by atoms with Crippen molar-refractivity contribution in [1.29, 1.82) is 0 Å². The molecule has 0 aliphatic rings. The normalized spacial score (nSPS) is 10.7. The van der Waals surface area contributed by atoms with Gasteiger partial charge in [-0.05, 0) is 12.1 Å². The molecule has 0 fully saturated rings. The van der Waals surface area contributed by atoms with E-state index in [1.165, 1.54) is 5.19 Å². The van der Waals surface area contributed by atoms with Crippen LogP contribution in [0.2, 0.25) is 19.6 Å². The molecule has 1 rings (SSSR count). The highest BCUT2D eigenvalue weighted by atomic mass is 35.5. The molecule has 0 amide bonds. The van der Waals surface area contributed by atoms with Gasteiger partial charge >= 0.3 is 0 Å². The molecular weight excluding hydrogens is 220 g/mol. The fourth-order valence-corrected chi connectivity index (χ4v) is 2.55. The van der Waals surface area contributed by atoms with Crippen LogP contribution in [0, 0.1) is 11.8 Å². The molecule has 0 radical (unpaired) electrons. The molecule has 0 aromatic heterocycles. The molecule has 0 nitrogen and oxygen atoms in total. The molecule has 1 aromatic rings. The molecule has 0 saturated heterocycles. The van der Waals surface area contributed by atoms with Crippen LogP contribution in [0.25, 0.3) is 0 Å². The van der Waals surface area contributed by atoms with Gasteiger partial charge in [-0.15, -0.1) is 11.6 Å². The first kappa shape index (κ1) is 12.4. The van der Waals surface area contributed by atoms with Crippen LogP contribution >= 0.6 is 11.6 Å². The Bertz CT molecular complexity index is 380. The lowest BCUT2D eigenvalue weighted by Gasteiger charge is -2.16. The average molecular weight is 237 g/mol. The van der Waals surface area contributed by atoms with Crippen molar-refractivity contribution in [2.24, 2.45) is 0 Å². The molecule has 0 heterocycles. The maximum atomic E-state index is 5.58. The summed E-state index contributed by atoms with van der Waals surface area (Å²) in [5, 5.41) is 1.46. The maximum Gasteiger partial charge on any atom is 0.0776 e. The van der Waals surface area contributed by atoms with Gasteiger partial charge in [0.05, 0.1) is 8.07 Å². The summed E-state index contributed by atoms with van der Waals surface area (Å²) in [4.78, 5) is 0. The number of hydrogen-bond acceptors (Lipinski definition) is 0. The van der Waals surface area contributed by atoms with Gasteiger partial charge in [0.15, 0.2) is 0 Å². The third kappa shape index (κ3) is 4.11. The molecular formula is C13H17ClSi. The number of benzene rings is 1. The average Bonchev–Trinajstić information content (AvgIpc) is 2.17. The van der Waals surface area contributed by atoms with Crippen molar-refractivity contribution in [1.82, 2.24) is 0 Å². The molecule has 0 atom stereocenters. The Balaban J connectivity index is 2.90. The SMILES string of the molecule is C[Si](C)(C)c1cccc(C#CCCCl)c1. The summed E-state index contributed by atoms with van der Waals surface area (Å²) in [5.74, 6) is 6.82. The Morgan fingerprint density at radius 3 is 2.60 bits per heavy atom. The van der Waals surface area contributed by atoms with Crippen molar-refractivity contribution >= 4 is 24.9 Å². The molecule has 0 aliphatic heterocycles. The molecule has 15 heavy (non-hydrogen) atoms. The van der Waals surface area contributed by atoms with E-state index >= 15 is 0 Å². The first-order valence-corrected chi connectivity index (χ1v) is 9.23. The van der Waals surface area contributed by atoms with Gasteiger partial charge in [-0.3, -0.25) is 0 Å². The maximum absolute atomic E-state index is 5.58. The number of halogens is 1. The van der Waals surface area contributed by atoms with E-state index < -0.39 is 8.07 Å². The summed E-state index contributed by atoms with van der Waals surface area (Å²) in [6.07, 6.45) is 0.763. The summed E-state index contributed by atoms with van der Waals surface area (Å²) in [6, 6.07) is 8.58.